The summed E-state index contributed by atoms with van der Waals surface area (Å²) in [7, 11) is 0. The first-order valence-electron chi connectivity index (χ1n) is 5.84. The molecule has 0 radical (unpaired) electrons. The second-order valence-electron chi connectivity index (χ2n) is 3.93. The number of halogens is 2. The van der Waals surface area contributed by atoms with Crippen molar-refractivity contribution in [3.05, 3.63) is 48.0 Å². The van der Waals surface area contributed by atoms with Gasteiger partial charge in [0.2, 0.25) is 0 Å². The van der Waals surface area contributed by atoms with Gasteiger partial charge in [0.1, 0.15) is 11.6 Å². The van der Waals surface area contributed by atoms with Crippen LogP contribution in [0.1, 0.15) is 6.92 Å². The fraction of sp³-hybridized carbons (Fsp3) is 0.143. The molecule has 2 rings (SSSR count). The normalized spacial score (nSPS) is 10.3. The van der Waals surface area contributed by atoms with Crippen molar-refractivity contribution in [3.63, 3.8) is 0 Å². The summed E-state index contributed by atoms with van der Waals surface area (Å²) in [5, 5.41) is 2.87. The SMILES string of the molecule is CCOc1cccc(Nc2cc(F)cc(F)c2N)c1. The van der Waals surface area contributed by atoms with E-state index in [0.29, 0.717) is 18.0 Å². The topological polar surface area (TPSA) is 47.3 Å². The average molecular weight is 264 g/mol. The molecule has 0 aromatic heterocycles. The monoisotopic (exact) mass is 264 g/mol. The van der Waals surface area contributed by atoms with Crippen LogP contribution in [0.5, 0.6) is 5.75 Å². The van der Waals surface area contributed by atoms with E-state index < -0.39 is 11.6 Å². The Morgan fingerprint density at radius 1 is 1.21 bits per heavy atom. The summed E-state index contributed by atoms with van der Waals surface area (Å²) in [5.74, 6) is -0.804. The molecule has 2 aromatic rings. The van der Waals surface area contributed by atoms with Crippen molar-refractivity contribution >= 4 is 17.1 Å². The first kappa shape index (κ1) is 13.1. The molecule has 0 aliphatic rings. The number of hydrogen-bond donors (Lipinski definition) is 2. The molecule has 0 bridgehead atoms. The standard InChI is InChI=1S/C14H14F2N2O/c1-2-19-11-5-3-4-10(8-11)18-13-7-9(15)6-12(16)14(13)17/h3-8,18H,2,17H2,1H3. The number of nitrogens with two attached hydrogens (primary N) is 1. The molecule has 0 saturated heterocycles. The van der Waals surface area contributed by atoms with Gasteiger partial charge in [-0.2, -0.15) is 0 Å². The zero-order valence-corrected chi connectivity index (χ0v) is 10.4. The highest BCUT2D eigenvalue weighted by atomic mass is 19.1. The van der Waals surface area contributed by atoms with E-state index in [1.807, 2.05) is 6.92 Å². The molecule has 3 N–H and O–H groups in total. The van der Waals surface area contributed by atoms with Gasteiger partial charge in [0.15, 0.2) is 5.82 Å². The molecule has 3 nitrogen and oxygen atoms in total. The third-order valence-corrected chi connectivity index (χ3v) is 2.52. The van der Waals surface area contributed by atoms with Crippen LogP contribution in [0.3, 0.4) is 0 Å². The number of hydrogen-bond acceptors (Lipinski definition) is 3. The van der Waals surface area contributed by atoms with Crippen LogP contribution < -0.4 is 15.8 Å². The molecule has 0 atom stereocenters. The molecule has 2 aromatic carbocycles. The van der Waals surface area contributed by atoms with Crippen molar-refractivity contribution in [1.82, 2.24) is 0 Å². The quantitative estimate of drug-likeness (QED) is 0.828. The van der Waals surface area contributed by atoms with Crippen LogP contribution in [0.4, 0.5) is 25.8 Å². The lowest BCUT2D eigenvalue weighted by Crippen LogP contribution is -2.00. The van der Waals surface area contributed by atoms with Gasteiger partial charge in [0, 0.05) is 17.8 Å². The predicted octanol–water partition coefficient (Wildman–Crippen LogP) is 3.69. The Labute approximate surface area is 110 Å². The summed E-state index contributed by atoms with van der Waals surface area (Å²) in [6.45, 7) is 2.42. The number of nitrogens with one attached hydrogen (secondary N) is 1. The molecule has 0 heterocycles. The van der Waals surface area contributed by atoms with Crippen LogP contribution >= 0.6 is 0 Å². The van der Waals surface area contributed by atoms with Crippen LogP contribution in [0, 0.1) is 11.6 Å². The number of benzene rings is 2. The smallest absolute Gasteiger partial charge is 0.151 e. The van der Waals surface area contributed by atoms with Crippen molar-refractivity contribution in [1.29, 1.82) is 0 Å². The maximum absolute atomic E-state index is 13.3. The first-order valence-corrected chi connectivity index (χ1v) is 5.84. The molecular formula is C14H14F2N2O. The highest BCUT2D eigenvalue weighted by molar-refractivity contribution is 5.73. The van der Waals surface area contributed by atoms with Gasteiger partial charge in [-0.05, 0) is 25.1 Å². The van der Waals surface area contributed by atoms with Crippen LogP contribution in [0.2, 0.25) is 0 Å². The predicted molar refractivity (Wildman–Crippen MR) is 71.7 cm³/mol. The van der Waals surface area contributed by atoms with E-state index in [-0.39, 0.29) is 11.4 Å². The number of nitrogen functional groups attached to an aromatic ring is 1. The van der Waals surface area contributed by atoms with Crippen LogP contribution in [0.15, 0.2) is 36.4 Å². The molecule has 5 heteroatoms. The summed E-state index contributed by atoms with van der Waals surface area (Å²) >= 11 is 0. The fourth-order valence-electron chi connectivity index (χ4n) is 1.67. The molecular weight excluding hydrogens is 250 g/mol. The Bertz CT molecular complexity index is 588. The minimum Gasteiger partial charge on any atom is -0.494 e. The molecule has 100 valence electrons. The fourth-order valence-corrected chi connectivity index (χ4v) is 1.67. The lowest BCUT2D eigenvalue weighted by molar-refractivity contribution is 0.340. The maximum Gasteiger partial charge on any atom is 0.151 e. The molecule has 0 saturated carbocycles. The van der Waals surface area contributed by atoms with E-state index in [9.17, 15) is 8.78 Å². The summed E-state index contributed by atoms with van der Waals surface area (Å²) in [6, 6.07) is 8.95. The van der Waals surface area contributed by atoms with Crippen LogP contribution in [-0.2, 0) is 0 Å². The zero-order chi connectivity index (χ0) is 13.8. The van der Waals surface area contributed by atoms with Gasteiger partial charge in [0.25, 0.3) is 0 Å². The van der Waals surface area contributed by atoms with Gasteiger partial charge in [-0.1, -0.05) is 6.07 Å². The minimum absolute atomic E-state index is 0.122. The first-order chi connectivity index (χ1) is 9.10. The lowest BCUT2D eigenvalue weighted by Gasteiger charge is -2.11. The van der Waals surface area contributed by atoms with Crippen LogP contribution in [-0.4, -0.2) is 6.61 Å². The number of anilines is 3. The Morgan fingerprint density at radius 3 is 2.74 bits per heavy atom. The lowest BCUT2D eigenvalue weighted by atomic mass is 10.2. The number of rotatable bonds is 4. The van der Waals surface area contributed by atoms with Crippen molar-refractivity contribution in [2.75, 3.05) is 17.7 Å². The second kappa shape index (κ2) is 5.56. The van der Waals surface area contributed by atoms with Gasteiger partial charge in [-0.3, -0.25) is 0 Å². The van der Waals surface area contributed by atoms with E-state index >= 15 is 0 Å². The Balaban J connectivity index is 2.28. The Kier molecular flexibility index (Phi) is 3.85. The molecule has 0 aliphatic heterocycles. The molecule has 19 heavy (non-hydrogen) atoms. The van der Waals surface area contributed by atoms with Crippen molar-refractivity contribution < 1.29 is 13.5 Å². The molecule has 0 fully saturated rings. The zero-order valence-electron chi connectivity index (χ0n) is 10.4. The summed E-state index contributed by atoms with van der Waals surface area (Å²) in [4.78, 5) is 0. The maximum atomic E-state index is 13.3. The highest BCUT2D eigenvalue weighted by Gasteiger charge is 2.08. The van der Waals surface area contributed by atoms with Gasteiger partial charge in [-0.25, -0.2) is 8.78 Å². The third kappa shape index (κ3) is 3.13. The van der Waals surface area contributed by atoms with Crippen LogP contribution in [0.25, 0.3) is 0 Å². The van der Waals surface area contributed by atoms with Crippen molar-refractivity contribution in [2.45, 2.75) is 6.92 Å². The van der Waals surface area contributed by atoms with E-state index in [1.165, 1.54) is 0 Å². The molecule has 0 spiro atoms. The van der Waals surface area contributed by atoms with E-state index in [2.05, 4.69) is 5.32 Å². The molecule has 0 amide bonds. The minimum atomic E-state index is -0.788. The largest absolute Gasteiger partial charge is 0.494 e. The summed E-state index contributed by atoms with van der Waals surface area (Å²) in [6.07, 6.45) is 0. The molecule has 0 unspecified atom stereocenters. The van der Waals surface area contributed by atoms with Gasteiger partial charge in [-0.15, -0.1) is 0 Å². The number of ether oxygens (including phenoxy) is 1. The van der Waals surface area contributed by atoms with Gasteiger partial charge in [0.05, 0.1) is 18.0 Å². The summed E-state index contributed by atoms with van der Waals surface area (Å²) < 4.78 is 31.8. The van der Waals surface area contributed by atoms with Gasteiger partial charge >= 0.3 is 0 Å². The third-order valence-electron chi connectivity index (χ3n) is 2.52. The van der Waals surface area contributed by atoms with Crippen molar-refractivity contribution in [2.24, 2.45) is 0 Å². The van der Waals surface area contributed by atoms with E-state index in [4.69, 9.17) is 10.5 Å². The van der Waals surface area contributed by atoms with Crippen molar-refractivity contribution in [3.8, 4) is 5.75 Å². The Hall–Kier alpha value is -2.30. The van der Waals surface area contributed by atoms with E-state index in [0.717, 1.165) is 12.1 Å². The summed E-state index contributed by atoms with van der Waals surface area (Å²) in [5.41, 5.74) is 6.27. The highest BCUT2D eigenvalue weighted by Crippen LogP contribution is 2.28. The molecule has 0 aliphatic carbocycles. The van der Waals surface area contributed by atoms with Gasteiger partial charge < -0.3 is 15.8 Å². The average Bonchev–Trinajstić information content (AvgIpc) is 2.36. The Morgan fingerprint density at radius 2 is 2.00 bits per heavy atom. The second-order valence-corrected chi connectivity index (χ2v) is 3.93. The van der Waals surface area contributed by atoms with E-state index in [1.54, 1.807) is 24.3 Å².